The van der Waals surface area contributed by atoms with Gasteiger partial charge in [0.05, 0.1) is 5.69 Å². The lowest BCUT2D eigenvalue weighted by atomic mass is 9.95. The van der Waals surface area contributed by atoms with Gasteiger partial charge in [-0.25, -0.2) is 4.39 Å². The van der Waals surface area contributed by atoms with Crippen LogP contribution in [0.2, 0.25) is 0 Å². The molecule has 2 aliphatic rings. The van der Waals surface area contributed by atoms with E-state index in [9.17, 15) is 14.0 Å². The number of hydrogen-bond donors (Lipinski definition) is 1. The quantitative estimate of drug-likeness (QED) is 0.529. The molecule has 3 aromatic rings. The summed E-state index contributed by atoms with van der Waals surface area (Å²) in [5.74, 6) is 0.609. The van der Waals surface area contributed by atoms with E-state index in [1.165, 1.54) is 6.07 Å². The maximum atomic E-state index is 14.6. The molecule has 186 valence electrons. The fourth-order valence-corrected chi connectivity index (χ4v) is 4.89. The number of aryl methyl sites for hydroxylation is 1. The Hall–Kier alpha value is -3.81. The van der Waals surface area contributed by atoms with Gasteiger partial charge >= 0.3 is 0 Å². The van der Waals surface area contributed by atoms with E-state index in [0.717, 1.165) is 49.2 Å². The highest BCUT2D eigenvalue weighted by atomic mass is 19.1. The summed E-state index contributed by atoms with van der Waals surface area (Å²) in [4.78, 5) is 27.2. The van der Waals surface area contributed by atoms with Gasteiger partial charge in [-0.15, -0.1) is 10.2 Å². The Morgan fingerprint density at radius 1 is 0.972 bits per heavy atom. The van der Waals surface area contributed by atoms with Gasteiger partial charge in [0.15, 0.2) is 5.82 Å². The Labute approximate surface area is 210 Å². The SMILES string of the molecule is O=C(Nc1cc(-c2nnc3n2CCCCC3)ccc1F)C1CCN(C(=O)/C=C/c2ccccc2)CC1. The lowest BCUT2D eigenvalue weighted by Crippen LogP contribution is -2.40. The predicted octanol–water partition coefficient (Wildman–Crippen LogP) is 4.70. The van der Waals surface area contributed by atoms with E-state index in [4.69, 9.17) is 0 Å². The molecule has 0 radical (unpaired) electrons. The predicted molar refractivity (Wildman–Crippen MR) is 136 cm³/mol. The molecule has 1 N–H and O–H groups in total. The second-order valence-corrected chi connectivity index (χ2v) is 9.43. The van der Waals surface area contributed by atoms with Gasteiger partial charge in [0.1, 0.15) is 11.6 Å². The molecule has 7 nitrogen and oxygen atoms in total. The lowest BCUT2D eigenvalue weighted by Gasteiger charge is -2.30. The number of halogens is 1. The van der Waals surface area contributed by atoms with Crippen LogP contribution in [-0.2, 0) is 22.6 Å². The van der Waals surface area contributed by atoms with Gasteiger partial charge in [0.2, 0.25) is 11.8 Å². The van der Waals surface area contributed by atoms with Crippen LogP contribution in [0.3, 0.4) is 0 Å². The van der Waals surface area contributed by atoms with Crippen molar-refractivity contribution in [2.24, 2.45) is 5.92 Å². The Morgan fingerprint density at radius 3 is 2.58 bits per heavy atom. The van der Waals surface area contributed by atoms with Crippen LogP contribution in [0, 0.1) is 11.7 Å². The minimum Gasteiger partial charge on any atom is -0.339 e. The Kier molecular flexibility index (Phi) is 7.21. The third kappa shape index (κ3) is 5.37. The summed E-state index contributed by atoms with van der Waals surface area (Å²) in [5.41, 5.74) is 1.84. The molecular weight excluding hydrogens is 457 g/mol. The number of rotatable bonds is 5. The molecule has 36 heavy (non-hydrogen) atoms. The van der Waals surface area contributed by atoms with Crippen molar-refractivity contribution in [2.45, 2.75) is 45.1 Å². The van der Waals surface area contributed by atoms with E-state index in [1.54, 1.807) is 29.2 Å². The van der Waals surface area contributed by atoms with Crippen LogP contribution < -0.4 is 5.32 Å². The van der Waals surface area contributed by atoms with Crippen LogP contribution in [0.4, 0.5) is 10.1 Å². The number of carbonyl (C=O) groups excluding carboxylic acids is 2. The summed E-state index contributed by atoms with van der Waals surface area (Å²) in [6, 6.07) is 14.3. The molecule has 3 heterocycles. The molecule has 1 fully saturated rings. The highest BCUT2D eigenvalue weighted by Crippen LogP contribution is 2.28. The summed E-state index contributed by atoms with van der Waals surface area (Å²) < 4.78 is 16.7. The second-order valence-electron chi connectivity index (χ2n) is 9.43. The van der Waals surface area contributed by atoms with Crippen molar-refractivity contribution in [3.8, 4) is 11.4 Å². The van der Waals surface area contributed by atoms with E-state index in [1.807, 2.05) is 30.3 Å². The van der Waals surface area contributed by atoms with Crippen molar-refractivity contribution in [3.05, 3.63) is 71.8 Å². The number of aromatic nitrogens is 3. The molecule has 5 rings (SSSR count). The largest absolute Gasteiger partial charge is 0.339 e. The molecule has 0 bridgehead atoms. The lowest BCUT2D eigenvalue weighted by molar-refractivity contribution is -0.130. The maximum Gasteiger partial charge on any atom is 0.246 e. The Morgan fingerprint density at radius 2 is 1.78 bits per heavy atom. The molecule has 2 aliphatic heterocycles. The van der Waals surface area contributed by atoms with Crippen molar-refractivity contribution >= 4 is 23.6 Å². The first-order valence-corrected chi connectivity index (χ1v) is 12.6. The van der Waals surface area contributed by atoms with E-state index in [-0.39, 0.29) is 23.4 Å². The number of anilines is 1. The second kappa shape index (κ2) is 10.8. The number of likely N-dealkylation sites (tertiary alicyclic amines) is 1. The van der Waals surface area contributed by atoms with Crippen LogP contribution >= 0.6 is 0 Å². The smallest absolute Gasteiger partial charge is 0.246 e. The van der Waals surface area contributed by atoms with Crippen molar-refractivity contribution in [1.29, 1.82) is 0 Å². The summed E-state index contributed by atoms with van der Waals surface area (Å²) in [7, 11) is 0. The zero-order valence-electron chi connectivity index (χ0n) is 20.2. The zero-order valence-corrected chi connectivity index (χ0v) is 20.2. The van der Waals surface area contributed by atoms with Crippen LogP contribution in [0.15, 0.2) is 54.6 Å². The van der Waals surface area contributed by atoms with Gasteiger partial charge in [0, 0.05) is 43.6 Å². The summed E-state index contributed by atoms with van der Waals surface area (Å²) >= 11 is 0. The molecule has 0 aliphatic carbocycles. The first-order valence-electron chi connectivity index (χ1n) is 12.6. The average molecular weight is 488 g/mol. The zero-order chi connectivity index (χ0) is 24.9. The fraction of sp³-hybridized carbons (Fsp3) is 0.357. The molecule has 0 spiro atoms. The van der Waals surface area contributed by atoms with Crippen LogP contribution in [-0.4, -0.2) is 44.6 Å². The molecular formula is C28H30FN5O2. The fourth-order valence-electron chi connectivity index (χ4n) is 4.89. The van der Waals surface area contributed by atoms with E-state index in [2.05, 4.69) is 20.1 Å². The normalized spacial score (nSPS) is 16.5. The van der Waals surface area contributed by atoms with Crippen LogP contribution in [0.1, 0.15) is 43.5 Å². The Bertz CT molecular complexity index is 1260. The first-order chi connectivity index (χ1) is 17.6. The molecule has 2 aromatic carbocycles. The number of benzene rings is 2. The van der Waals surface area contributed by atoms with Crippen molar-refractivity contribution in [2.75, 3.05) is 18.4 Å². The van der Waals surface area contributed by atoms with E-state index in [0.29, 0.717) is 31.8 Å². The summed E-state index contributed by atoms with van der Waals surface area (Å²) in [5, 5.41) is 11.4. The number of nitrogens with one attached hydrogen (secondary N) is 1. The number of hydrogen-bond acceptors (Lipinski definition) is 4. The van der Waals surface area contributed by atoms with E-state index < -0.39 is 5.82 Å². The minimum atomic E-state index is -0.485. The van der Waals surface area contributed by atoms with Crippen molar-refractivity contribution in [3.63, 3.8) is 0 Å². The summed E-state index contributed by atoms with van der Waals surface area (Å²) in [6.45, 7) is 1.82. The van der Waals surface area contributed by atoms with Gasteiger partial charge in [-0.2, -0.15) is 0 Å². The molecule has 0 unspecified atom stereocenters. The highest BCUT2D eigenvalue weighted by Gasteiger charge is 2.27. The van der Waals surface area contributed by atoms with Gasteiger partial charge in [0.25, 0.3) is 0 Å². The minimum absolute atomic E-state index is 0.0658. The molecule has 8 heteroatoms. The third-order valence-corrected chi connectivity index (χ3v) is 6.99. The maximum absolute atomic E-state index is 14.6. The summed E-state index contributed by atoms with van der Waals surface area (Å²) in [6.07, 6.45) is 8.64. The van der Waals surface area contributed by atoms with E-state index >= 15 is 0 Å². The number of carbonyl (C=O) groups is 2. The topological polar surface area (TPSA) is 80.1 Å². The third-order valence-electron chi connectivity index (χ3n) is 6.99. The molecule has 0 atom stereocenters. The van der Waals surface area contributed by atoms with Gasteiger partial charge in [-0.3, -0.25) is 9.59 Å². The average Bonchev–Trinajstić information content (AvgIpc) is 3.17. The number of nitrogens with zero attached hydrogens (tertiary/aromatic N) is 4. The van der Waals surface area contributed by atoms with Crippen LogP contribution in [0.5, 0.6) is 0 Å². The molecule has 1 aromatic heterocycles. The number of amides is 2. The molecule has 2 amide bonds. The Balaban J connectivity index is 1.20. The first kappa shape index (κ1) is 23.9. The molecule has 1 saturated heterocycles. The highest BCUT2D eigenvalue weighted by molar-refractivity contribution is 5.94. The van der Waals surface area contributed by atoms with Crippen molar-refractivity contribution < 1.29 is 14.0 Å². The standard InChI is InChI=1S/C28H30FN5O2/c29-23-12-11-22(27-32-31-25-9-5-2-6-16-34(25)27)19-24(23)30-28(36)21-14-17-33(18-15-21)26(35)13-10-20-7-3-1-4-8-20/h1,3-4,7-8,10-13,19,21H,2,5-6,9,14-18H2,(H,30,36)/b13-10+. The van der Waals surface area contributed by atoms with Gasteiger partial charge in [-0.05, 0) is 55.5 Å². The number of fused-ring (bicyclic) bond motifs is 1. The molecule has 0 saturated carbocycles. The van der Waals surface area contributed by atoms with Gasteiger partial charge in [-0.1, -0.05) is 36.8 Å². The van der Waals surface area contributed by atoms with Crippen molar-refractivity contribution in [1.82, 2.24) is 19.7 Å². The van der Waals surface area contributed by atoms with Gasteiger partial charge < -0.3 is 14.8 Å². The van der Waals surface area contributed by atoms with Crippen LogP contribution in [0.25, 0.3) is 17.5 Å². The monoisotopic (exact) mass is 487 g/mol. The number of piperidine rings is 1.